The van der Waals surface area contributed by atoms with E-state index >= 15 is 0 Å². The van der Waals surface area contributed by atoms with E-state index in [0.29, 0.717) is 23.7 Å². The zero-order valence-corrected chi connectivity index (χ0v) is 19.9. The fourth-order valence-corrected chi connectivity index (χ4v) is 3.85. The summed E-state index contributed by atoms with van der Waals surface area (Å²) in [6.45, 7) is 8.84. The number of hydrogen-bond acceptors (Lipinski definition) is 6. The summed E-state index contributed by atoms with van der Waals surface area (Å²) in [5, 5.41) is 0. The first-order valence-corrected chi connectivity index (χ1v) is 11.3. The number of nitrogens with zero attached hydrogens (tertiary/aromatic N) is 2. The van der Waals surface area contributed by atoms with Gasteiger partial charge in [-0.25, -0.2) is 9.59 Å². The first kappa shape index (κ1) is 23.3. The summed E-state index contributed by atoms with van der Waals surface area (Å²) in [6.07, 6.45) is 0. The maximum atomic E-state index is 12.1. The van der Waals surface area contributed by atoms with Gasteiger partial charge in [-0.15, -0.1) is 0 Å². The van der Waals surface area contributed by atoms with Crippen LogP contribution in [0.1, 0.15) is 40.1 Å². The molecule has 0 amide bonds. The molecule has 0 spiro atoms. The minimum Gasteiger partial charge on any atom is -0.465 e. The average Bonchev–Trinajstić information content (AvgIpc) is 2.79. The number of hydrogen-bond donors (Lipinski definition) is 0. The molecule has 0 aromatic heterocycles. The number of carbonyl (C=O) groups is 2. The minimum atomic E-state index is -0.324. The van der Waals surface area contributed by atoms with Gasteiger partial charge in [0.1, 0.15) is 0 Å². The highest BCUT2D eigenvalue weighted by atomic mass is 79.9. The number of esters is 2. The third-order valence-corrected chi connectivity index (χ3v) is 6.02. The normalized spacial score (nSPS) is 14.5. The molecule has 2 aromatic rings. The van der Waals surface area contributed by atoms with Gasteiger partial charge in [-0.1, -0.05) is 29.8 Å². The fourth-order valence-electron chi connectivity index (χ4n) is 3.48. The second-order valence-electron chi connectivity index (χ2n) is 8.10. The second-order valence-corrected chi connectivity index (χ2v) is 8.95. The first-order chi connectivity index (χ1) is 14.9. The fraction of sp³-hybridized carbons (Fsp3) is 0.417. The van der Waals surface area contributed by atoms with Gasteiger partial charge in [0, 0.05) is 42.9 Å². The van der Waals surface area contributed by atoms with Crippen molar-refractivity contribution in [2.45, 2.75) is 20.4 Å². The molecule has 0 N–H and O–H groups in total. The second kappa shape index (κ2) is 10.8. The van der Waals surface area contributed by atoms with Crippen LogP contribution in [-0.4, -0.2) is 56.7 Å². The molecule has 1 aliphatic heterocycles. The Bertz CT molecular complexity index is 906. The van der Waals surface area contributed by atoms with Crippen molar-refractivity contribution in [3.8, 4) is 0 Å². The largest absolute Gasteiger partial charge is 0.465 e. The summed E-state index contributed by atoms with van der Waals surface area (Å²) in [4.78, 5) is 28.6. The Balaban J connectivity index is 1.55. The van der Waals surface area contributed by atoms with E-state index < -0.39 is 0 Å². The summed E-state index contributed by atoms with van der Waals surface area (Å²) in [5.74, 6) is -0.275. The van der Waals surface area contributed by atoms with Crippen molar-refractivity contribution in [3.05, 3.63) is 63.6 Å². The number of benzene rings is 2. The molecule has 2 aromatic carbocycles. The number of ether oxygens (including phenoxy) is 2. The Labute approximate surface area is 192 Å². The number of halogens is 1. The lowest BCUT2D eigenvalue weighted by atomic mass is 10.1. The topological polar surface area (TPSA) is 59.1 Å². The van der Waals surface area contributed by atoms with E-state index in [1.54, 1.807) is 6.07 Å². The number of methoxy groups -OCH3 is 1. The average molecular weight is 489 g/mol. The van der Waals surface area contributed by atoms with Gasteiger partial charge in [0.2, 0.25) is 0 Å². The maximum absolute atomic E-state index is 12.1. The van der Waals surface area contributed by atoms with Crippen LogP contribution < -0.4 is 4.90 Å². The lowest BCUT2D eigenvalue weighted by Crippen LogP contribution is -2.46. The van der Waals surface area contributed by atoms with Crippen LogP contribution in [0.15, 0.2) is 46.9 Å². The van der Waals surface area contributed by atoms with Crippen molar-refractivity contribution in [1.82, 2.24) is 4.90 Å². The molecule has 31 heavy (non-hydrogen) atoms. The monoisotopic (exact) mass is 488 g/mol. The summed E-state index contributed by atoms with van der Waals surface area (Å²) in [7, 11) is 1.39. The molecule has 7 heteroatoms. The molecule has 166 valence electrons. The van der Waals surface area contributed by atoms with E-state index in [1.807, 2.05) is 50.2 Å². The Morgan fingerprint density at radius 3 is 2.23 bits per heavy atom. The Kier molecular flexibility index (Phi) is 8.09. The molecule has 0 unspecified atom stereocenters. The minimum absolute atomic E-state index is 0.273. The zero-order valence-electron chi connectivity index (χ0n) is 18.3. The van der Waals surface area contributed by atoms with Crippen molar-refractivity contribution in [2.75, 3.05) is 44.8 Å². The Morgan fingerprint density at radius 1 is 0.968 bits per heavy atom. The smallest absolute Gasteiger partial charge is 0.338 e. The van der Waals surface area contributed by atoms with Gasteiger partial charge >= 0.3 is 11.9 Å². The molecule has 6 nitrogen and oxygen atoms in total. The predicted molar refractivity (Wildman–Crippen MR) is 125 cm³/mol. The highest BCUT2D eigenvalue weighted by Gasteiger charge is 2.19. The SMILES string of the molecule is COC(=O)c1ccc(Br)c(CN2CCN(c3ccc(C(=O)OCC(C)C)cc3)CC2)c1. The summed E-state index contributed by atoms with van der Waals surface area (Å²) >= 11 is 3.59. The van der Waals surface area contributed by atoms with Crippen LogP contribution in [0.5, 0.6) is 0 Å². The lowest BCUT2D eigenvalue weighted by Gasteiger charge is -2.36. The van der Waals surface area contributed by atoms with Crippen molar-refractivity contribution in [2.24, 2.45) is 5.92 Å². The van der Waals surface area contributed by atoms with Gasteiger partial charge in [0.25, 0.3) is 0 Å². The predicted octanol–water partition coefficient (Wildman–Crippen LogP) is 4.37. The molecule has 1 fully saturated rings. The molecule has 0 atom stereocenters. The van der Waals surface area contributed by atoms with E-state index in [0.717, 1.165) is 48.4 Å². The van der Waals surface area contributed by atoms with Gasteiger partial charge in [0.15, 0.2) is 0 Å². The van der Waals surface area contributed by atoms with Gasteiger partial charge in [-0.05, 0) is 53.9 Å². The molecule has 3 rings (SSSR count). The van der Waals surface area contributed by atoms with Gasteiger partial charge in [-0.3, -0.25) is 4.90 Å². The van der Waals surface area contributed by atoms with E-state index in [9.17, 15) is 9.59 Å². The lowest BCUT2D eigenvalue weighted by molar-refractivity contribution is 0.0458. The number of rotatable bonds is 7. The molecule has 0 bridgehead atoms. The summed E-state index contributed by atoms with van der Waals surface area (Å²) in [6, 6.07) is 13.2. The maximum Gasteiger partial charge on any atom is 0.338 e. The quantitative estimate of drug-likeness (QED) is 0.539. The van der Waals surface area contributed by atoms with Crippen LogP contribution in [0.4, 0.5) is 5.69 Å². The van der Waals surface area contributed by atoms with Crippen molar-refractivity contribution >= 4 is 33.6 Å². The molecule has 0 saturated carbocycles. The highest BCUT2D eigenvalue weighted by molar-refractivity contribution is 9.10. The van der Waals surface area contributed by atoms with Crippen LogP contribution in [0.25, 0.3) is 0 Å². The van der Waals surface area contributed by atoms with Crippen LogP contribution in [0.3, 0.4) is 0 Å². The number of carbonyl (C=O) groups excluding carboxylic acids is 2. The van der Waals surface area contributed by atoms with Crippen molar-refractivity contribution < 1.29 is 19.1 Å². The van der Waals surface area contributed by atoms with E-state index in [1.165, 1.54) is 7.11 Å². The van der Waals surface area contributed by atoms with E-state index in [-0.39, 0.29) is 11.9 Å². The first-order valence-electron chi connectivity index (χ1n) is 10.5. The van der Waals surface area contributed by atoms with Crippen LogP contribution in [-0.2, 0) is 16.0 Å². The van der Waals surface area contributed by atoms with E-state index in [4.69, 9.17) is 9.47 Å². The standard InChI is InChI=1S/C24H29BrN2O4/c1-17(2)16-31-24(29)18-4-7-21(8-5-18)27-12-10-26(11-13-27)15-20-14-19(23(28)30-3)6-9-22(20)25/h4-9,14,17H,10-13,15-16H2,1-3H3. The Morgan fingerprint density at radius 2 is 1.61 bits per heavy atom. The van der Waals surface area contributed by atoms with Gasteiger partial charge < -0.3 is 14.4 Å². The third kappa shape index (κ3) is 6.31. The van der Waals surface area contributed by atoms with Crippen LogP contribution in [0.2, 0.25) is 0 Å². The summed E-state index contributed by atoms with van der Waals surface area (Å²) < 4.78 is 11.1. The van der Waals surface area contributed by atoms with Crippen molar-refractivity contribution in [3.63, 3.8) is 0 Å². The van der Waals surface area contributed by atoms with E-state index in [2.05, 4.69) is 25.7 Å². The molecule has 1 aliphatic rings. The van der Waals surface area contributed by atoms with Crippen molar-refractivity contribution in [1.29, 1.82) is 0 Å². The van der Waals surface area contributed by atoms with Crippen LogP contribution in [0, 0.1) is 5.92 Å². The Hall–Kier alpha value is -2.38. The van der Waals surface area contributed by atoms with Gasteiger partial charge in [-0.2, -0.15) is 0 Å². The molecular formula is C24H29BrN2O4. The zero-order chi connectivity index (χ0) is 22.4. The summed E-state index contributed by atoms with van der Waals surface area (Å²) in [5.41, 5.74) is 3.32. The van der Waals surface area contributed by atoms with Crippen LogP contribution >= 0.6 is 15.9 Å². The van der Waals surface area contributed by atoms with Gasteiger partial charge in [0.05, 0.1) is 24.8 Å². The molecule has 1 saturated heterocycles. The number of piperazine rings is 1. The molecule has 0 radical (unpaired) electrons. The molecular weight excluding hydrogens is 460 g/mol. The molecule has 0 aliphatic carbocycles. The third-order valence-electron chi connectivity index (χ3n) is 5.25. The number of anilines is 1. The molecule has 1 heterocycles. The highest BCUT2D eigenvalue weighted by Crippen LogP contribution is 2.23.